The van der Waals surface area contributed by atoms with Crippen LogP contribution in [0.25, 0.3) is 0 Å². The largest absolute Gasteiger partial charge is 0.507 e. The number of oxime groups is 1. The van der Waals surface area contributed by atoms with Crippen molar-refractivity contribution in [3.8, 4) is 5.75 Å². The minimum absolute atomic E-state index is 0.0662. The highest BCUT2D eigenvalue weighted by Gasteiger charge is 2.10. The summed E-state index contributed by atoms with van der Waals surface area (Å²) in [4.78, 5) is 11.8. The van der Waals surface area contributed by atoms with Crippen LogP contribution in [0, 0.1) is 0 Å². The fourth-order valence-corrected chi connectivity index (χ4v) is 1.82. The summed E-state index contributed by atoms with van der Waals surface area (Å²) in [6, 6.07) is 4.70. The molecule has 0 fully saturated rings. The average molecular weight is 330 g/mol. The third-order valence-corrected chi connectivity index (χ3v) is 2.97. The summed E-state index contributed by atoms with van der Waals surface area (Å²) in [5.74, 6) is -0.214. The van der Waals surface area contributed by atoms with Gasteiger partial charge in [0, 0.05) is 17.4 Å². The zero-order chi connectivity index (χ0) is 14.3. The van der Waals surface area contributed by atoms with E-state index < -0.39 is 0 Å². The molecule has 0 heterocycles. The van der Waals surface area contributed by atoms with Gasteiger partial charge in [0.25, 0.3) is 5.91 Å². The lowest BCUT2D eigenvalue weighted by Crippen LogP contribution is -2.24. The summed E-state index contributed by atoms with van der Waals surface area (Å²) in [6.07, 6.45) is 1.90. The van der Waals surface area contributed by atoms with Gasteiger partial charge in [-0.05, 0) is 31.0 Å². The van der Waals surface area contributed by atoms with E-state index in [1.165, 1.54) is 6.07 Å². The van der Waals surface area contributed by atoms with Gasteiger partial charge in [-0.1, -0.05) is 21.1 Å². The van der Waals surface area contributed by atoms with E-state index in [4.69, 9.17) is 10.9 Å². The van der Waals surface area contributed by atoms with Crippen LogP contribution in [0.5, 0.6) is 5.75 Å². The number of nitrogens with zero attached hydrogens (tertiary/aromatic N) is 1. The van der Waals surface area contributed by atoms with Crippen LogP contribution < -0.4 is 11.1 Å². The van der Waals surface area contributed by atoms with Crippen LogP contribution in [0.4, 0.5) is 0 Å². The predicted molar refractivity (Wildman–Crippen MR) is 75.4 cm³/mol. The minimum Gasteiger partial charge on any atom is -0.507 e. The molecule has 1 aromatic rings. The molecule has 1 aromatic carbocycles. The van der Waals surface area contributed by atoms with Crippen LogP contribution in [0.3, 0.4) is 0 Å². The fraction of sp³-hybridized carbons (Fsp3) is 0.333. The standard InChI is InChI=1S/C12H16BrN3O3/c13-8-4-5-9(10(17)7-8)12(18)15-6-2-1-3-11(14)16-19/h4-5,7,17,19H,1-3,6H2,(H2,14,16)(H,15,18). The Balaban J connectivity index is 2.35. The number of benzene rings is 1. The number of aromatic hydroxyl groups is 1. The first-order valence-corrected chi connectivity index (χ1v) is 6.57. The Kier molecular flexibility index (Phi) is 6.14. The molecular weight excluding hydrogens is 314 g/mol. The van der Waals surface area contributed by atoms with Gasteiger partial charge in [0.1, 0.15) is 11.6 Å². The maximum atomic E-state index is 11.8. The quantitative estimate of drug-likeness (QED) is 0.210. The van der Waals surface area contributed by atoms with Gasteiger partial charge in [0.05, 0.1) is 5.56 Å². The number of carbonyl (C=O) groups is 1. The van der Waals surface area contributed by atoms with Crippen molar-refractivity contribution in [1.82, 2.24) is 5.32 Å². The molecule has 0 aliphatic heterocycles. The molecule has 0 unspecified atom stereocenters. The van der Waals surface area contributed by atoms with Gasteiger partial charge in [0.15, 0.2) is 0 Å². The number of amides is 1. The first-order valence-electron chi connectivity index (χ1n) is 5.77. The molecule has 0 atom stereocenters. The number of hydrogen-bond donors (Lipinski definition) is 4. The zero-order valence-corrected chi connectivity index (χ0v) is 11.9. The van der Waals surface area contributed by atoms with E-state index in [-0.39, 0.29) is 23.1 Å². The third kappa shape index (κ3) is 5.17. The Bertz CT molecular complexity index is 477. The van der Waals surface area contributed by atoms with Crippen molar-refractivity contribution in [2.75, 3.05) is 6.54 Å². The maximum absolute atomic E-state index is 11.8. The first kappa shape index (κ1) is 15.3. The molecule has 104 valence electrons. The Morgan fingerprint density at radius 2 is 2.16 bits per heavy atom. The average Bonchev–Trinajstić information content (AvgIpc) is 2.37. The highest BCUT2D eigenvalue weighted by Crippen LogP contribution is 2.21. The van der Waals surface area contributed by atoms with Crippen LogP contribution in [0.15, 0.2) is 27.8 Å². The van der Waals surface area contributed by atoms with E-state index in [1.54, 1.807) is 12.1 Å². The number of nitrogens with two attached hydrogens (primary N) is 1. The molecule has 0 saturated heterocycles. The Labute approximate surface area is 119 Å². The molecule has 6 nitrogen and oxygen atoms in total. The fourth-order valence-electron chi connectivity index (χ4n) is 1.48. The van der Waals surface area contributed by atoms with Gasteiger partial charge in [0.2, 0.25) is 0 Å². The van der Waals surface area contributed by atoms with Crippen molar-refractivity contribution in [1.29, 1.82) is 0 Å². The lowest BCUT2D eigenvalue weighted by Gasteiger charge is -2.07. The summed E-state index contributed by atoms with van der Waals surface area (Å²) in [6.45, 7) is 0.465. The molecule has 1 amide bonds. The van der Waals surface area contributed by atoms with Crippen LogP contribution in [0.1, 0.15) is 29.6 Å². The summed E-state index contributed by atoms with van der Waals surface area (Å²) in [5.41, 5.74) is 5.55. The Morgan fingerprint density at radius 3 is 2.79 bits per heavy atom. The van der Waals surface area contributed by atoms with E-state index in [9.17, 15) is 9.90 Å². The number of nitrogens with one attached hydrogen (secondary N) is 1. The van der Waals surface area contributed by atoms with E-state index in [1.807, 2.05) is 0 Å². The molecule has 19 heavy (non-hydrogen) atoms. The van der Waals surface area contributed by atoms with Crippen molar-refractivity contribution in [2.24, 2.45) is 10.9 Å². The molecule has 5 N–H and O–H groups in total. The van der Waals surface area contributed by atoms with Gasteiger partial charge in [-0.25, -0.2) is 0 Å². The zero-order valence-electron chi connectivity index (χ0n) is 10.3. The molecule has 0 saturated carbocycles. The van der Waals surface area contributed by atoms with Gasteiger partial charge in [-0.15, -0.1) is 0 Å². The minimum atomic E-state index is -0.325. The van der Waals surface area contributed by atoms with Crippen molar-refractivity contribution >= 4 is 27.7 Å². The van der Waals surface area contributed by atoms with Crippen LogP contribution in [-0.4, -0.2) is 28.6 Å². The van der Waals surface area contributed by atoms with Crippen molar-refractivity contribution < 1.29 is 15.1 Å². The summed E-state index contributed by atoms with van der Waals surface area (Å²) >= 11 is 3.20. The second kappa shape index (κ2) is 7.63. The molecule has 0 spiro atoms. The summed E-state index contributed by atoms with van der Waals surface area (Å²) in [5, 5.41) is 23.5. The molecule has 0 bridgehead atoms. The number of phenols is 1. The van der Waals surface area contributed by atoms with E-state index in [2.05, 4.69) is 26.4 Å². The Hall–Kier alpha value is -1.76. The summed E-state index contributed by atoms with van der Waals surface area (Å²) < 4.78 is 0.709. The Morgan fingerprint density at radius 1 is 1.42 bits per heavy atom. The van der Waals surface area contributed by atoms with E-state index in [0.717, 1.165) is 0 Å². The van der Waals surface area contributed by atoms with Crippen LogP contribution in [-0.2, 0) is 0 Å². The van der Waals surface area contributed by atoms with Crippen LogP contribution in [0.2, 0.25) is 0 Å². The van der Waals surface area contributed by atoms with Crippen LogP contribution >= 0.6 is 15.9 Å². The smallest absolute Gasteiger partial charge is 0.255 e. The van der Waals surface area contributed by atoms with Crippen molar-refractivity contribution in [2.45, 2.75) is 19.3 Å². The number of hydrogen-bond acceptors (Lipinski definition) is 4. The number of carbonyl (C=O) groups excluding carboxylic acids is 1. The van der Waals surface area contributed by atoms with Gasteiger partial charge in [-0.2, -0.15) is 0 Å². The summed E-state index contributed by atoms with van der Waals surface area (Å²) in [7, 11) is 0. The third-order valence-electron chi connectivity index (χ3n) is 2.48. The van der Waals surface area contributed by atoms with Gasteiger partial charge in [-0.3, -0.25) is 4.79 Å². The maximum Gasteiger partial charge on any atom is 0.255 e. The SMILES string of the molecule is NC(CCCCNC(=O)c1ccc(Br)cc1O)=NO. The number of unbranched alkanes of at least 4 members (excludes halogenated alkanes) is 1. The molecule has 0 aromatic heterocycles. The number of amidine groups is 1. The van der Waals surface area contributed by atoms with Crippen molar-refractivity contribution in [3.05, 3.63) is 28.2 Å². The molecule has 0 aliphatic carbocycles. The lowest BCUT2D eigenvalue weighted by molar-refractivity contribution is 0.0950. The lowest BCUT2D eigenvalue weighted by atomic mass is 10.2. The molecule has 0 radical (unpaired) electrons. The second-order valence-electron chi connectivity index (χ2n) is 3.97. The van der Waals surface area contributed by atoms with E-state index >= 15 is 0 Å². The molecule has 1 rings (SSSR count). The second-order valence-corrected chi connectivity index (χ2v) is 4.88. The topological polar surface area (TPSA) is 108 Å². The normalized spacial score (nSPS) is 11.3. The highest BCUT2D eigenvalue weighted by atomic mass is 79.9. The van der Waals surface area contributed by atoms with Crippen molar-refractivity contribution in [3.63, 3.8) is 0 Å². The highest BCUT2D eigenvalue weighted by molar-refractivity contribution is 9.10. The molecule has 0 aliphatic rings. The number of rotatable bonds is 6. The van der Waals surface area contributed by atoms with E-state index in [0.29, 0.717) is 30.3 Å². The van der Waals surface area contributed by atoms with Gasteiger partial charge >= 0.3 is 0 Å². The number of halogens is 1. The predicted octanol–water partition coefficient (Wildman–Crippen LogP) is 1.80. The molecular formula is C12H16BrN3O3. The monoisotopic (exact) mass is 329 g/mol. The van der Waals surface area contributed by atoms with Gasteiger partial charge < -0.3 is 21.4 Å². The number of phenolic OH excluding ortho intramolecular Hbond substituents is 1. The first-order chi connectivity index (χ1) is 9.04. The molecule has 7 heteroatoms.